The lowest BCUT2D eigenvalue weighted by Gasteiger charge is -2.35. The van der Waals surface area contributed by atoms with Gasteiger partial charge in [-0.05, 0) is 82.3 Å². The molecule has 4 aromatic rings. The zero-order valence-electron chi connectivity index (χ0n) is 27.8. The van der Waals surface area contributed by atoms with Crippen LogP contribution in [0.25, 0.3) is 0 Å². The molecule has 13 nitrogen and oxygen atoms in total. The summed E-state index contributed by atoms with van der Waals surface area (Å²) in [4.78, 5) is 11.5. The maximum absolute atomic E-state index is 13.3. The van der Waals surface area contributed by atoms with Gasteiger partial charge in [0.15, 0.2) is 11.5 Å². The third kappa shape index (κ3) is 8.16. The van der Waals surface area contributed by atoms with E-state index in [0.717, 1.165) is 16.9 Å². The van der Waals surface area contributed by atoms with Crippen LogP contribution in [0.3, 0.4) is 0 Å². The Labute approximate surface area is 282 Å². The number of methoxy groups -OCH3 is 2. The zero-order chi connectivity index (χ0) is 34.7. The largest absolute Gasteiger partial charge is 0.493 e. The number of benzene rings is 3. The van der Waals surface area contributed by atoms with Gasteiger partial charge >= 0.3 is 0 Å². The fourth-order valence-corrected chi connectivity index (χ4v) is 8.07. The highest BCUT2D eigenvalue weighted by Crippen LogP contribution is 2.31. The number of aryl methyl sites for hydroxylation is 1. The van der Waals surface area contributed by atoms with Crippen LogP contribution in [0.4, 0.5) is 28.8 Å². The van der Waals surface area contributed by atoms with E-state index in [4.69, 9.17) is 9.47 Å². The highest BCUT2D eigenvalue weighted by Gasteiger charge is 2.29. The first-order valence-electron chi connectivity index (χ1n) is 15.3. The van der Waals surface area contributed by atoms with Crippen LogP contribution in [0.1, 0.15) is 26.3 Å². The number of anilines is 5. The van der Waals surface area contributed by atoms with Crippen LogP contribution >= 0.6 is 0 Å². The van der Waals surface area contributed by atoms with Gasteiger partial charge in [-0.3, -0.25) is 0 Å². The van der Waals surface area contributed by atoms with E-state index >= 15 is 0 Å². The molecule has 0 spiro atoms. The summed E-state index contributed by atoms with van der Waals surface area (Å²) in [5.41, 5.74) is 2.47. The molecule has 0 bridgehead atoms. The Morgan fingerprint density at radius 1 is 0.771 bits per heavy atom. The first-order valence-corrected chi connectivity index (χ1v) is 18.2. The smallest absolute Gasteiger partial charge is 0.243 e. The van der Waals surface area contributed by atoms with Crippen molar-refractivity contribution in [2.75, 3.05) is 55.9 Å². The first kappa shape index (κ1) is 34.9. The highest BCUT2D eigenvalue weighted by molar-refractivity contribution is 7.89. The fourth-order valence-electron chi connectivity index (χ4n) is 5.17. The van der Waals surface area contributed by atoms with Gasteiger partial charge in [0.25, 0.3) is 0 Å². The Hall–Kier alpha value is -4.44. The maximum Gasteiger partial charge on any atom is 0.243 e. The van der Waals surface area contributed by atoms with Crippen molar-refractivity contribution in [2.45, 2.75) is 43.0 Å². The third-order valence-electron chi connectivity index (χ3n) is 7.54. The molecule has 3 N–H and O–H groups in total. The Balaban J connectivity index is 1.21. The van der Waals surface area contributed by atoms with Gasteiger partial charge in [0, 0.05) is 66.6 Å². The molecule has 1 aliphatic rings. The van der Waals surface area contributed by atoms with Crippen molar-refractivity contribution in [1.29, 1.82) is 0 Å². The molecule has 0 saturated carbocycles. The standard InChI is InChI=1S/C33H41N7O6S2/c1-23-22-34-32(37-31(23)35-25-8-7-9-27(20-25)47(41,42)38-33(2,3)4)36-24-10-12-26(13-11-24)39-16-18-40(19-17-39)48(43,44)28-14-15-29(45-5)30(21-28)46-6/h7-15,20-22,38H,16-19H2,1-6H3,(H2,34,35,36,37). The molecule has 15 heteroatoms. The fraction of sp³-hybridized carbons (Fsp3) is 0.333. The van der Waals surface area contributed by atoms with Crippen LogP contribution < -0.4 is 29.7 Å². The normalized spacial score (nSPS) is 14.4. The minimum atomic E-state index is -3.70. The third-order valence-corrected chi connectivity index (χ3v) is 11.2. The highest BCUT2D eigenvalue weighted by atomic mass is 32.2. The molecule has 1 aromatic heterocycles. The number of hydrogen-bond donors (Lipinski definition) is 3. The van der Waals surface area contributed by atoms with Crippen molar-refractivity contribution in [3.05, 3.63) is 78.5 Å². The Bertz CT molecular complexity index is 1970. The maximum atomic E-state index is 13.3. The summed E-state index contributed by atoms with van der Waals surface area (Å²) in [6.45, 7) is 8.97. The predicted molar refractivity (Wildman–Crippen MR) is 187 cm³/mol. The van der Waals surface area contributed by atoms with Gasteiger partial charge in [-0.1, -0.05) is 6.07 Å². The summed E-state index contributed by atoms with van der Waals surface area (Å²) in [6, 6.07) is 18.9. The van der Waals surface area contributed by atoms with E-state index in [2.05, 4.69) is 30.2 Å². The van der Waals surface area contributed by atoms with Crippen LogP contribution in [-0.2, 0) is 20.0 Å². The lowest BCUT2D eigenvalue weighted by molar-refractivity contribution is 0.353. The summed E-state index contributed by atoms with van der Waals surface area (Å²) in [5.74, 6) is 1.73. The van der Waals surface area contributed by atoms with Gasteiger partial charge in [0.2, 0.25) is 26.0 Å². The summed E-state index contributed by atoms with van der Waals surface area (Å²) >= 11 is 0. The number of aromatic nitrogens is 2. The van der Waals surface area contributed by atoms with Crippen molar-refractivity contribution in [3.63, 3.8) is 0 Å². The second-order valence-corrected chi connectivity index (χ2v) is 15.9. The van der Waals surface area contributed by atoms with Crippen LogP contribution in [-0.4, -0.2) is 77.0 Å². The molecule has 3 aromatic carbocycles. The first-order chi connectivity index (χ1) is 22.7. The van der Waals surface area contributed by atoms with Crippen molar-refractivity contribution in [2.24, 2.45) is 0 Å². The van der Waals surface area contributed by atoms with E-state index in [1.165, 1.54) is 30.7 Å². The summed E-state index contributed by atoms with van der Waals surface area (Å²) in [5, 5.41) is 6.43. The molecule has 0 amide bonds. The zero-order valence-corrected chi connectivity index (χ0v) is 29.4. The molecule has 1 fully saturated rings. The Morgan fingerprint density at radius 3 is 2.10 bits per heavy atom. The molecule has 0 aliphatic carbocycles. The molecular formula is C33H41N7O6S2. The minimum absolute atomic E-state index is 0.147. The molecule has 0 atom stereocenters. The second kappa shape index (κ2) is 14.0. The SMILES string of the molecule is COc1ccc(S(=O)(=O)N2CCN(c3ccc(Nc4ncc(C)c(Nc5cccc(S(=O)(=O)NC(C)(C)C)c5)n4)cc3)CC2)cc1OC. The number of rotatable bonds is 11. The van der Waals surface area contributed by atoms with Crippen molar-refractivity contribution in [3.8, 4) is 11.5 Å². The molecule has 0 unspecified atom stereocenters. The Kier molecular flexibility index (Phi) is 10.1. The minimum Gasteiger partial charge on any atom is -0.493 e. The summed E-state index contributed by atoms with van der Waals surface area (Å²) in [7, 11) is -4.42. The van der Waals surface area contributed by atoms with E-state index in [1.54, 1.807) is 57.3 Å². The molecule has 5 rings (SSSR count). The lowest BCUT2D eigenvalue weighted by atomic mass is 10.1. The van der Waals surface area contributed by atoms with E-state index in [0.29, 0.717) is 55.1 Å². The molecule has 2 heterocycles. The number of sulfonamides is 2. The van der Waals surface area contributed by atoms with E-state index in [1.807, 2.05) is 31.2 Å². The number of nitrogens with one attached hydrogen (secondary N) is 3. The van der Waals surface area contributed by atoms with E-state index in [9.17, 15) is 16.8 Å². The average molecular weight is 696 g/mol. The molecule has 48 heavy (non-hydrogen) atoms. The quantitative estimate of drug-likeness (QED) is 0.197. The predicted octanol–water partition coefficient (Wildman–Crippen LogP) is 4.88. The molecule has 256 valence electrons. The Morgan fingerprint density at radius 2 is 1.46 bits per heavy atom. The van der Waals surface area contributed by atoms with Gasteiger partial charge < -0.3 is 25.0 Å². The molecular weight excluding hydrogens is 655 g/mol. The van der Waals surface area contributed by atoms with Crippen LogP contribution in [0, 0.1) is 6.92 Å². The van der Waals surface area contributed by atoms with Crippen LogP contribution in [0.5, 0.6) is 11.5 Å². The lowest BCUT2D eigenvalue weighted by Crippen LogP contribution is -2.48. The van der Waals surface area contributed by atoms with Crippen molar-refractivity contribution in [1.82, 2.24) is 19.0 Å². The second-order valence-electron chi connectivity index (χ2n) is 12.3. The molecule has 0 radical (unpaired) electrons. The summed E-state index contributed by atoms with van der Waals surface area (Å²) < 4.78 is 67.0. The van der Waals surface area contributed by atoms with E-state index in [-0.39, 0.29) is 9.79 Å². The molecule has 1 aliphatic heterocycles. The van der Waals surface area contributed by atoms with E-state index < -0.39 is 25.6 Å². The van der Waals surface area contributed by atoms with Crippen molar-refractivity contribution >= 4 is 48.9 Å². The topological polar surface area (TPSA) is 155 Å². The number of piperazine rings is 1. The molecule has 1 saturated heterocycles. The number of nitrogens with zero attached hydrogens (tertiary/aromatic N) is 4. The number of hydrogen-bond acceptors (Lipinski definition) is 11. The van der Waals surface area contributed by atoms with Gasteiger partial charge in [0.05, 0.1) is 24.0 Å². The summed E-state index contributed by atoms with van der Waals surface area (Å²) in [6.07, 6.45) is 1.68. The van der Waals surface area contributed by atoms with Crippen molar-refractivity contribution < 1.29 is 26.3 Å². The average Bonchev–Trinajstić information content (AvgIpc) is 3.05. The van der Waals surface area contributed by atoms with Gasteiger partial charge in [-0.25, -0.2) is 26.5 Å². The van der Waals surface area contributed by atoms with Crippen LogP contribution in [0.15, 0.2) is 82.7 Å². The van der Waals surface area contributed by atoms with Gasteiger partial charge in [0.1, 0.15) is 5.82 Å². The van der Waals surface area contributed by atoms with Gasteiger partial charge in [-0.15, -0.1) is 0 Å². The van der Waals surface area contributed by atoms with Gasteiger partial charge in [-0.2, -0.15) is 9.29 Å². The number of ether oxygens (including phenoxy) is 2. The monoisotopic (exact) mass is 695 g/mol. The van der Waals surface area contributed by atoms with Crippen LogP contribution in [0.2, 0.25) is 0 Å².